The number of hydrogen-bond donors (Lipinski definition) is 0. The highest BCUT2D eigenvalue weighted by Crippen LogP contribution is 1.99. The minimum absolute atomic E-state index is 0.0478. The van der Waals surface area contributed by atoms with Gasteiger partial charge in [-0.2, -0.15) is 0 Å². The summed E-state index contributed by atoms with van der Waals surface area (Å²) in [4.78, 5) is 21.4. The first-order chi connectivity index (χ1) is 11.5. The topological polar surface area (TPSA) is 43.4 Å². The molecule has 6 heteroatoms. The van der Waals surface area contributed by atoms with Gasteiger partial charge in [-0.25, -0.2) is 0 Å². The van der Waals surface area contributed by atoms with E-state index < -0.39 is 0 Å². The van der Waals surface area contributed by atoms with Crippen molar-refractivity contribution in [2.75, 3.05) is 6.61 Å². The van der Waals surface area contributed by atoms with E-state index in [1.807, 2.05) is 6.92 Å². The first kappa shape index (κ1) is 28.6. The molecular formula is C18H44O3Si3. The maximum absolute atomic E-state index is 10.8. The molecule has 0 aromatic carbocycles. The zero-order chi connectivity index (χ0) is 19.1. The molecule has 146 valence electrons. The quantitative estimate of drug-likeness (QED) is 0.290. The summed E-state index contributed by atoms with van der Waals surface area (Å²) in [6, 6.07) is 3.96. The predicted octanol–water partition coefficient (Wildman–Crippen LogP) is 1.99. The van der Waals surface area contributed by atoms with Gasteiger partial charge in [0.25, 0.3) is 0 Å². The third-order valence-corrected chi connectivity index (χ3v) is 5.46. The first-order valence-electron chi connectivity index (χ1n) is 10.2. The van der Waals surface area contributed by atoms with Gasteiger partial charge in [0.05, 0.1) is 6.61 Å². The third-order valence-electron chi connectivity index (χ3n) is 3.33. The van der Waals surface area contributed by atoms with E-state index in [1.165, 1.54) is 68.1 Å². The molecule has 0 N–H and O–H groups in total. The smallest absolute Gasteiger partial charge is 0.305 e. The predicted molar refractivity (Wildman–Crippen MR) is 119 cm³/mol. The van der Waals surface area contributed by atoms with Crippen molar-refractivity contribution in [2.45, 2.75) is 96.7 Å². The number of Topliss-reactive ketones (excluding diaryl/α,β-unsaturated/α-hetero) is 1. The second-order valence-corrected chi connectivity index (χ2v) is 9.01. The van der Waals surface area contributed by atoms with E-state index in [4.69, 9.17) is 4.74 Å². The van der Waals surface area contributed by atoms with Crippen molar-refractivity contribution >= 4 is 42.5 Å². The lowest BCUT2D eigenvalue weighted by atomic mass is 10.1. The van der Waals surface area contributed by atoms with Crippen LogP contribution in [0, 0.1) is 0 Å². The Balaban J connectivity index is -0.000000282. The molecule has 0 aromatic heterocycles. The van der Waals surface area contributed by atoms with Gasteiger partial charge in [0.1, 0.15) is 5.78 Å². The largest absolute Gasteiger partial charge is 0.466 e. The number of esters is 1. The minimum atomic E-state index is -0.0478. The van der Waals surface area contributed by atoms with Crippen LogP contribution >= 0.6 is 0 Å². The lowest BCUT2D eigenvalue weighted by Crippen LogP contribution is -2.02. The van der Waals surface area contributed by atoms with Gasteiger partial charge in [0, 0.05) is 50.0 Å². The number of carbonyl (C=O) groups is 2. The highest BCUT2D eigenvalue weighted by atomic mass is 28.2. The third kappa shape index (κ3) is 33.4. The molecule has 0 fully saturated rings. The van der Waals surface area contributed by atoms with Crippen molar-refractivity contribution < 1.29 is 14.3 Å². The van der Waals surface area contributed by atoms with Gasteiger partial charge in [0.15, 0.2) is 0 Å². The lowest BCUT2D eigenvalue weighted by Gasteiger charge is -1.97. The molecule has 0 aliphatic carbocycles. The van der Waals surface area contributed by atoms with Crippen LogP contribution in [-0.2, 0) is 14.3 Å². The monoisotopic (exact) mass is 392 g/mol. The fraction of sp³-hybridized carbons (Fsp3) is 0.889. The fourth-order valence-electron chi connectivity index (χ4n) is 1.83. The maximum Gasteiger partial charge on any atom is 0.305 e. The molecule has 0 aliphatic rings. The van der Waals surface area contributed by atoms with Crippen molar-refractivity contribution in [3.63, 3.8) is 0 Å². The first-order valence-corrected chi connectivity index (χ1v) is 14.4. The molecule has 0 unspecified atom stereocenters. The molecule has 0 saturated carbocycles. The van der Waals surface area contributed by atoms with Crippen molar-refractivity contribution in [3.8, 4) is 0 Å². The van der Waals surface area contributed by atoms with Crippen LogP contribution in [0.15, 0.2) is 0 Å². The Bertz CT molecular complexity index is 236. The lowest BCUT2D eigenvalue weighted by molar-refractivity contribution is -0.143. The number of rotatable bonds is 12. The Morgan fingerprint density at radius 1 is 0.708 bits per heavy atom. The van der Waals surface area contributed by atoms with Crippen LogP contribution in [0.25, 0.3) is 0 Å². The van der Waals surface area contributed by atoms with Gasteiger partial charge in [0.2, 0.25) is 0 Å². The van der Waals surface area contributed by atoms with Gasteiger partial charge in [-0.1, -0.05) is 51.2 Å². The van der Waals surface area contributed by atoms with Gasteiger partial charge in [-0.15, -0.1) is 0 Å². The van der Waals surface area contributed by atoms with E-state index in [-0.39, 0.29) is 5.97 Å². The van der Waals surface area contributed by atoms with Gasteiger partial charge in [-0.05, 0) is 26.2 Å². The Labute approximate surface area is 160 Å². The molecule has 0 heterocycles. The average Bonchev–Trinajstić information content (AvgIpc) is 2.58. The summed E-state index contributed by atoms with van der Waals surface area (Å²) in [6.45, 7) is 6.65. The summed E-state index contributed by atoms with van der Waals surface area (Å²) in [5.74, 6) is 0.404. The van der Waals surface area contributed by atoms with E-state index >= 15 is 0 Å². The number of ketones is 1. The van der Waals surface area contributed by atoms with Crippen LogP contribution in [0.2, 0.25) is 18.1 Å². The maximum atomic E-state index is 10.8. The summed E-state index contributed by atoms with van der Waals surface area (Å²) in [5.41, 5.74) is 0. The Morgan fingerprint density at radius 2 is 1.25 bits per heavy atom. The molecule has 0 saturated heterocycles. The standard InChI is InChI=1S/C7H16OSi.C6H14O2Si.C5H14Si/c1-2-4-7(8)5-3-6-9;1-2-8-6(7)4-3-5-9;1-2-3-4-5-6/h2-6H2,1,9H3;2-5H2,1,9H3;2-5H2,1,6H3. The van der Waals surface area contributed by atoms with Gasteiger partial charge in [-0.3, -0.25) is 9.59 Å². The summed E-state index contributed by atoms with van der Waals surface area (Å²) in [5, 5.41) is 0. The van der Waals surface area contributed by atoms with Crippen molar-refractivity contribution in [1.82, 2.24) is 0 Å². The van der Waals surface area contributed by atoms with E-state index in [0.717, 1.165) is 32.1 Å². The number of ether oxygens (including phenoxy) is 1. The van der Waals surface area contributed by atoms with E-state index in [1.54, 1.807) is 0 Å². The summed E-state index contributed by atoms with van der Waals surface area (Å²) < 4.78 is 4.72. The molecule has 0 aliphatic heterocycles. The minimum Gasteiger partial charge on any atom is -0.466 e. The summed E-state index contributed by atoms with van der Waals surface area (Å²) in [6.07, 6.45) is 9.68. The van der Waals surface area contributed by atoms with E-state index in [2.05, 4.69) is 13.8 Å². The fourth-order valence-corrected chi connectivity index (χ4v) is 3.04. The molecule has 0 spiro atoms. The number of carbonyl (C=O) groups excluding carboxylic acids is 2. The van der Waals surface area contributed by atoms with Gasteiger partial charge >= 0.3 is 5.97 Å². The second-order valence-electron chi connectivity index (χ2n) is 6.01. The van der Waals surface area contributed by atoms with E-state index in [9.17, 15) is 9.59 Å². The SMILES string of the molecule is CCCC(=O)CCC[SiH3].CCCCC[SiH3].CCOC(=O)CCC[SiH3]. The number of hydrogen-bond acceptors (Lipinski definition) is 3. The van der Waals surface area contributed by atoms with Crippen molar-refractivity contribution in [1.29, 1.82) is 0 Å². The molecule has 24 heavy (non-hydrogen) atoms. The average molecular weight is 393 g/mol. The summed E-state index contributed by atoms with van der Waals surface area (Å²) >= 11 is 0. The van der Waals surface area contributed by atoms with Crippen LogP contribution in [0.4, 0.5) is 0 Å². The highest BCUT2D eigenvalue weighted by molar-refractivity contribution is 6.08. The molecule has 0 amide bonds. The molecule has 0 atom stereocenters. The summed E-state index contributed by atoms with van der Waals surface area (Å²) in [7, 11) is 3.84. The van der Waals surface area contributed by atoms with Crippen LogP contribution in [0.3, 0.4) is 0 Å². The Hall–Kier alpha value is -0.209. The molecule has 3 nitrogen and oxygen atoms in total. The Morgan fingerprint density at radius 3 is 1.62 bits per heavy atom. The van der Waals surface area contributed by atoms with Gasteiger partial charge < -0.3 is 4.74 Å². The highest BCUT2D eigenvalue weighted by Gasteiger charge is 1.97. The molecule has 0 aromatic rings. The van der Waals surface area contributed by atoms with Crippen LogP contribution in [0.1, 0.15) is 78.6 Å². The zero-order valence-electron chi connectivity index (χ0n) is 17.4. The van der Waals surface area contributed by atoms with Crippen LogP contribution < -0.4 is 0 Å². The van der Waals surface area contributed by atoms with Crippen molar-refractivity contribution in [3.05, 3.63) is 0 Å². The molecule has 0 rings (SSSR count). The Kier molecular flexibility index (Phi) is 32.9. The number of unbranched alkanes of at least 4 members (excludes halogenated alkanes) is 2. The van der Waals surface area contributed by atoms with E-state index in [0.29, 0.717) is 18.8 Å². The normalized spacial score (nSPS) is 9.62. The van der Waals surface area contributed by atoms with Crippen molar-refractivity contribution in [2.24, 2.45) is 0 Å². The molecule has 0 radical (unpaired) electrons. The molecular weight excluding hydrogens is 348 g/mol. The van der Waals surface area contributed by atoms with Crippen LogP contribution in [0.5, 0.6) is 0 Å². The molecule has 0 bridgehead atoms. The zero-order valence-corrected chi connectivity index (χ0v) is 23.4. The second kappa shape index (κ2) is 27.6. The van der Waals surface area contributed by atoms with Crippen LogP contribution in [-0.4, -0.2) is 49.1 Å².